The van der Waals surface area contributed by atoms with Gasteiger partial charge in [0.25, 0.3) is 0 Å². The molecule has 0 aliphatic heterocycles. The standard InChI is InChI=1S/C29H30N2O3/c1-3-9-27-21(2)30(19-18-22-10-5-4-6-11-22)29(34)31(27)20-23-14-16-24(17-15-23)25-12-7-8-13-26(25)28(32)33/h4-8,10-17H,3,9,18-20H2,1-2H3,(H,32,33). The van der Waals surface area contributed by atoms with E-state index < -0.39 is 5.97 Å². The lowest BCUT2D eigenvalue weighted by atomic mass is 9.99. The molecule has 0 saturated carbocycles. The SMILES string of the molecule is CCCc1c(C)n(CCc2ccccc2)c(=O)n1Cc1ccc(-c2ccccc2C(=O)O)cc1. The van der Waals surface area contributed by atoms with Gasteiger partial charge in [0.1, 0.15) is 0 Å². The molecule has 0 bridgehead atoms. The van der Waals surface area contributed by atoms with Gasteiger partial charge in [-0.05, 0) is 48.1 Å². The first-order valence-corrected chi connectivity index (χ1v) is 11.7. The van der Waals surface area contributed by atoms with E-state index in [4.69, 9.17) is 0 Å². The number of aromatic nitrogens is 2. The average Bonchev–Trinajstić information content (AvgIpc) is 3.07. The second-order valence-electron chi connectivity index (χ2n) is 8.59. The highest BCUT2D eigenvalue weighted by atomic mass is 16.4. The quantitative estimate of drug-likeness (QED) is 0.360. The molecule has 174 valence electrons. The van der Waals surface area contributed by atoms with Gasteiger partial charge in [-0.15, -0.1) is 0 Å². The lowest BCUT2D eigenvalue weighted by Crippen LogP contribution is -2.26. The summed E-state index contributed by atoms with van der Waals surface area (Å²) in [5.74, 6) is -0.942. The number of carboxylic acids is 1. The zero-order valence-corrected chi connectivity index (χ0v) is 19.7. The van der Waals surface area contributed by atoms with Gasteiger partial charge in [-0.1, -0.05) is 86.1 Å². The van der Waals surface area contributed by atoms with Gasteiger partial charge in [0.15, 0.2) is 0 Å². The zero-order chi connectivity index (χ0) is 24.1. The Labute approximate surface area is 199 Å². The molecule has 1 aromatic heterocycles. The number of aryl methyl sites for hydroxylation is 1. The molecule has 3 aromatic carbocycles. The summed E-state index contributed by atoms with van der Waals surface area (Å²) in [6.45, 7) is 5.32. The van der Waals surface area contributed by atoms with E-state index in [0.29, 0.717) is 18.7 Å². The van der Waals surface area contributed by atoms with Gasteiger partial charge in [-0.25, -0.2) is 9.59 Å². The van der Waals surface area contributed by atoms with Crippen molar-refractivity contribution in [2.24, 2.45) is 0 Å². The maximum absolute atomic E-state index is 13.4. The van der Waals surface area contributed by atoms with E-state index >= 15 is 0 Å². The summed E-state index contributed by atoms with van der Waals surface area (Å²) in [4.78, 5) is 25.0. The van der Waals surface area contributed by atoms with Crippen LogP contribution in [0, 0.1) is 6.92 Å². The third-order valence-corrected chi connectivity index (χ3v) is 6.33. The first-order valence-electron chi connectivity index (χ1n) is 11.7. The molecule has 0 unspecified atom stereocenters. The highest BCUT2D eigenvalue weighted by Crippen LogP contribution is 2.24. The Morgan fingerprint density at radius 3 is 2.18 bits per heavy atom. The minimum Gasteiger partial charge on any atom is -0.478 e. The molecule has 34 heavy (non-hydrogen) atoms. The fourth-order valence-corrected chi connectivity index (χ4v) is 4.51. The topological polar surface area (TPSA) is 64.2 Å². The van der Waals surface area contributed by atoms with Gasteiger partial charge in [0.05, 0.1) is 12.1 Å². The van der Waals surface area contributed by atoms with E-state index in [0.717, 1.165) is 41.8 Å². The van der Waals surface area contributed by atoms with Crippen LogP contribution in [0.4, 0.5) is 0 Å². The van der Waals surface area contributed by atoms with Crippen molar-refractivity contribution in [3.05, 3.63) is 117 Å². The van der Waals surface area contributed by atoms with E-state index in [-0.39, 0.29) is 11.3 Å². The van der Waals surface area contributed by atoms with Crippen molar-refractivity contribution in [2.75, 3.05) is 0 Å². The highest BCUT2D eigenvalue weighted by Gasteiger charge is 2.17. The average molecular weight is 455 g/mol. The molecule has 0 amide bonds. The third-order valence-electron chi connectivity index (χ3n) is 6.33. The lowest BCUT2D eigenvalue weighted by Gasteiger charge is -2.10. The van der Waals surface area contributed by atoms with Crippen LogP contribution in [0.1, 0.15) is 46.2 Å². The van der Waals surface area contributed by atoms with Crippen molar-refractivity contribution in [3.8, 4) is 11.1 Å². The number of imidazole rings is 1. The molecule has 1 N–H and O–H groups in total. The largest absolute Gasteiger partial charge is 0.478 e. The minimum absolute atomic E-state index is 0.0252. The summed E-state index contributed by atoms with van der Waals surface area (Å²) < 4.78 is 3.79. The Hall–Kier alpha value is -3.86. The minimum atomic E-state index is -0.942. The molecule has 0 radical (unpaired) electrons. The van der Waals surface area contributed by atoms with Crippen molar-refractivity contribution in [1.82, 2.24) is 9.13 Å². The van der Waals surface area contributed by atoms with Gasteiger partial charge in [0.2, 0.25) is 0 Å². The number of nitrogens with zero attached hydrogens (tertiary/aromatic N) is 2. The molecule has 4 aromatic rings. The van der Waals surface area contributed by atoms with Crippen LogP contribution in [0.2, 0.25) is 0 Å². The normalized spacial score (nSPS) is 11.0. The van der Waals surface area contributed by atoms with Crippen molar-refractivity contribution in [1.29, 1.82) is 0 Å². The van der Waals surface area contributed by atoms with Crippen LogP contribution in [0.15, 0.2) is 83.7 Å². The maximum Gasteiger partial charge on any atom is 0.336 e. The Kier molecular flexibility index (Phi) is 7.12. The van der Waals surface area contributed by atoms with Crippen molar-refractivity contribution < 1.29 is 9.90 Å². The Morgan fingerprint density at radius 1 is 0.824 bits per heavy atom. The first-order chi connectivity index (χ1) is 16.5. The van der Waals surface area contributed by atoms with Crippen molar-refractivity contribution in [3.63, 3.8) is 0 Å². The number of carboxylic acid groups (broad SMARTS) is 1. The Balaban J connectivity index is 1.61. The Bertz CT molecular complexity index is 1330. The highest BCUT2D eigenvalue weighted by molar-refractivity contribution is 5.95. The van der Waals surface area contributed by atoms with E-state index in [1.165, 1.54) is 5.56 Å². The van der Waals surface area contributed by atoms with Gasteiger partial charge in [-0.3, -0.25) is 9.13 Å². The van der Waals surface area contributed by atoms with Crippen molar-refractivity contribution >= 4 is 5.97 Å². The fourth-order valence-electron chi connectivity index (χ4n) is 4.51. The van der Waals surface area contributed by atoms with Crippen LogP contribution < -0.4 is 5.69 Å². The van der Waals surface area contributed by atoms with Gasteiger partial charge in [-0.2, -0.15) is 0 Å². The van der Waals surface area contributed by atoms with E-state index in [9.17, 15) is 14.7 Å². The predicted octanol–water partition coefficient (Wildman–Crippen LogP) is 5.57. The van der Waals surface area contributed by atoms with Crippen molar-refractivity contribution in [2.45, 2.75) is 46.2 Å². The van der Waals surface area contributed by atoms with Crippen LogP contribution >= 0.6 is 0 Å². The lowest BCUT2D eigenvalue weighted by molar-refractivity contribution is 0.0697. The summed E-state index contributed by atoms with van der Waals surface area (Å²) in [6.07, 6.45) is 2.63. The maximum atomic E-state index is 13.4. The van der Waals surface area contributed by atoms with E-state index in [1.807, 2.05) is 70.7 Å². The monoisotopic (exact) mass is 454 g/mol. The smallest absolute Gasteiger partial charge is 0.336 e. The van der Waals surface area contributed by atoms with Gasteiger partial charge < -0.3 is 5.11 Å². The molecule has 0 atom stereocenters. The summed E-state index contributed by atoms with van der Waals surface area (Å²) in [6, 6.07) is 25.1. The van der Waals surface area contributed by atoms with E-state index in [1.54, 1.807) is 12.1 Å². The number of carbonyl (C=O) groups is 1. The molecule has 0 saturated heterocycles. The molecule has 5 nitrogen and oxygen atoms in total. The summed E-state index contributed by atoms with van der Waals surface area (Å²) in [5, 5.41) is 9.49. The number of aromatic carboxylic acids is 1. The number of hydrogen-bond donors (Lipinski definition) is 1. The molecular weight excluding hydrogens is 424 g/mol. The molecule has 0 spiro atoms. The Morgan fingerprint density at radius 2 is 1.50 bits per heavy atom. The van der Waals surface area contributed by atoms with Crippen LogP contribution in [-0.2, 0) is 25.9 Å². The molecular formula is C29H30N2O3. The van der Waals surface area contributed by atoms with Crippen LogP contribution in [-0.4, -0.2) is 20.2 Å². The number of rotatable bonds is 9. The summed E-state index contributed by atoms with van der Waals surface area (Å²) >= 11 is 0. The first kappa shape index (κ1) is 23.3. The third kappa shape index (κ3) is 4.88. The predicted molar refractivity (Wildman–Crippen MR) is 136 cm³/mol. The molecule has 0 fully saturated rings. The summed E-state index contributed by atoms with van der Waals surface area (Å²) in [7, 11) is 0. The van der Waals surface area contributed by atoms with Gasteiger partial charge >= 0.3 is 11.7 Å². The second kappa shape index (κ2) is 10.4. The molecule has 0 aliphatic carbocycles. The van der Waals surface area contributed by atoms with E-state index in [2.05, 4.69) is 19.1 Å². The zero-order valence-electron chi connectivity index (χ0n) is 19.7. The molecule has 4 rings (SSSR count). The molecule has 1 heterocycles. The fraction of sp³-hybridized carbons (Fsp3) is 0.241. The number of hydrogen-bond acceptors (Lipinski definition) is 2. The van der Waals surface area contributed by atoms with Crippen LogP contribution in [0.3, 0.4) is 0 Å². The number of benzene rings is 3. The second-order valence-corrected chi connectivity index (χ2v) is 8.59. The van der Waals surface area contributed by atoms with Gasteiger partial charge in [0, 0.05) is 17.9 Å². The van der Waals surface area contributed by atoms with Crippen LogP contribution in [0.5, 0.6) is 0 Å². The van der Waals surface area contributed by atoms with Crippen LogP contribution in [0.25, 0.3) is 11.1 Å². The molecule has 5 heteroatoms. The molecule has 0 aliphatic rings. The summed E-state index contributed by atoms with van der Waals surface area (Å²) in [5.41, 5.74) is 6.19.